The first kappa shape index (κ1) is 10.7. The highest BCUT2D eigenvalue weighted by atomic mass is 32.2. The number of hydrogen-bond acceptors (Lipinski definition) is 4. The second kappa shape index (κ2) is 4.76. The van der Waals surface area contributed by atoms with Crippen LogP contribution >= 0.6 is 11.8 Å². The van der Waals surface area contributed by atoms with E-state index in [9.17, 15) is 14.9 Å². The van der Waals surface area contributed by atoms with E-state index in [-0.39, 0.29) is 10.9 Å². The van der Waals surface area contributed by atoms with Gasteiger partial charge < -0.3 is 4.79 Å². The zero-order valence-corrected chi connectivity index (χ0v) is 8.36. The molecule has 0 bridgehead atoms. The zero-order chi connectivity index (χ0) is 10.6. The van der Waals surface area contributed by atoms with Crippen molar-refractivity contribution in [2.75, 3.05) is 0 Å². The van der Waals surface area contributed by atoms with Crippen molar-refractivity contribution in [1.29, 1.82) is 0 Å². The predicted molar refractivity (Wildman–Crippen MR) is 54.5 cm³/mol. The standard InChI is InChI=1S/C9H9NO3S/c1-7(6-11)14-9-4-2-8(3-5-9)10(12)13/h2-7H,1H3. The van der Waals surface area contributed by atoms with Crippen LogP contribution in [0.4, 0.5) is 5.69 Å². The maximum atomic E-state index is 10.4. The number of non-ortho nitro benzene ring substituents is 1. The molecule has 0 aromatic heterocycles. The minimum atomic E-state index is -0.447. The van der Waals surface area contributed by atoms with Crippen LogP contribution in [0.1, 0.15) is 6.92 Å². The van der Waals surface area contributed by atoms with Crippen molar-refractivity contribution in [1.82, 2.24) is 0 Å². The Bertz CT molecular complexity index is 336. The van der Waals surface area contributed by atoms with Crippen molar-refractivity contribution in [3.8, 4) is 0 Å². The van der Waals surface area contributed by atoms with Gasteiger partial charge in [0.25, 0.3) is 5.69 Å². The van der Waals surface area contributed by atoms with Crippen LogP contribution in [0, 0.1) is 10.1 Å². The van der Waals surface area contributed by atoms with Crippen LogP contribution < -0.4 is 0 Å². The van der Waals surface area contributed by atoms with Crippen LogP contribution in [0.2, 0.25) is 0 Å². The van der Waals surface area contributed by atoms with Gasteiger partial charge in [0, 0.05) is 17.0 Å². The quantitative estimate of drug-likeness (QED) is 0.332. The monoisotopic (exact) mass is 211 g/mol. The normalized spacial score (nSPS) is 12.1. The van der Waals surface area contributed by atoms with Crippen molar-refractivity contribution in [3.05, 3.63) is 34.4 Å². The van der Waals surface area contributed by atoms with Crippen LogP contribution in [0.25, 0.3) is 0 Å². The molecule has 0 aliphatic heterocycles. The molecule has 0 heterocycles. The van der Waals surface area contributed by atoms with E-state index in [2.05, 4.69) is 0 Å². The van der Waals surface area contributed by atoms with Gasteiger partial charge in [-0.1, -0.05) is 0 Å². The molecule has 0 N–H and O–H groups in total. The number of aldehydes is 1. The van der Waals surface area contributed by atoms with Gasteiger partial charge in [-0.3, -0.25) is 10.1 Å². The molecule has 0 aliphatic carbocycles. The number of hydrogen-bond donors (Lipinski definition) is 0. The average Bonchev–Trinajstić information content (AvgIpc) is 2.18. The third kappa shape index (κ3) is 2.85. The fraction of sp³-hybridized carbons (Fsp3) is 0.222. The number of thioether (sulfide) groups is 1. The molecule has 0 saturated heterocycles. The molecule has 14 heavy (non-hydrogen) atoms. The highest BCUT2D eigenvalue weighted by molar-refractivity contribution is 8.00. The number of nitro groups is 1. The van der Waals surface area contributed by atoms with Crippen LogP contribution in [0.3, 0.4) is 0 Å². The van der Waals surface area contributed by atoms with Crippen molar-refractivity contribution < 1.29 is 9.72 Å². The molecule has 1 unspecified atom stereocenters. The van der Waals surface area contributed by atoms with Gasteiger partial charge >= 0.3 is 0 Å². The lowest BCUT2D eigenvalue weighted by atomic mass is 10.3. The van der Waals surface area contributed by atoms with Crippen LogP contribution in [0.5, 0.6) is 0 Å². The van der Waals surface area contributed by atoms with Crippen LogP contribution in [-0.4, -0.2) is 16.5 Å². The molecule has 4 nitrogen and oxygen atoms in total. The van der Waals surface area contributed by atoms with Crippen molar-refractivity contribution in [3.63, 3.8) is 0 Å². The summed E-state index contributed by atoms with van der Waals surface area (Å²) in [6.45, 7) is 1.78. The van der Waals surface area contributed by atoms with Gasteiger partial charge in [0.2, 0.25) is 0 Å². The van der Waals surface area contributed by atoms with E-state index in [1.54, 1.807) is 19.1 Å². The molecule has 1 atom stereocenters. The SMILES string of the molecule is CC(C=O)Sc1ccc([N+](=O)[O-])cc1. The number of benzene rings is 1. The molecule has 5 heteroatoms. The van der Waals surface area contributed by atoms with Gasteiger partial charge in [0.1, 0.15) is 6.29 Å². The first-order chi connectivity index (χ1) is 6.63. The lowest BCUT2D eigenvalue weighted by Gasteiger charge is -2.02. The van der Waals surface area contributed by atoms with Gasteiger partial charge in [-0.15, -0.1) is 11.8 Å². The molecular formula is C9H9NO3S. The van der Waals surface area contributed by atoms with E-state index in [0.29, 0.717) is 0 Å². The summed E-state index contributed by atoms with van der Waals surface area (Å²) in [7, 11) is 0. The predicted octanol–water partition coefficient (Wildman–Crippen LogP) is 2.27. The number of carbonyl (C=O) groups excluding carboxylic acids is 1. The Hall–Kier alpha value is -1.36. The van der Waals surface area contributed by atoms with Gasteiger partial charge in [0.05, 0.1) is 10.2 Å². The Morgan fingerprint density at radius 3 is 2.43 bits per heavy atom. The largest absolute Gasteiger partial charge is 0.302 e. The third-order valence-corrected chi connectivity index (χ3v) is 2.59. The van der Waals surface area contributed by atoms with Crippen molar-refractivity contribution >= 4 is 23.7 Å². The van der Waals surface area contributed by atoms with Gasteiger partial charge in [-0.25, -0.2) is 0 Å². The van der Waals surface area contributed by atoms with Crippen molar-refractivity contribution in [2.45, 2.75) is 17.1 Å². The molecule has 74 valence electrons. The van der Waals surface area contributed by atoms with Gasteiger partial charge in [0.15, 0.2) is 0 Å². The summed E-state index contributed by atoms with van der Waals surface area (Å²) in [6, 6.07) is 6.14. The smallest absolute Gasteiger partial charge is 0.269 e. The molecule has 1 aromatic carbocycles. The fourth-order valence-corrected chi connectivity index (χ4v) is 1.67. The average molecular weight is 211 g/mol. The number of nitrogens with zero attached hydrogens (tertiary/aromatic N) is 1. The first-order valence-electron chi connectivity index (χ1n) is 4.00. The lowest BCUT2D eigenvalue weighted by molar-refractivity contribution is -0.384. The van der Waals surface area contributed by atoms with Crippen molar-refractivity contribution in [2.24, 2.45) is 0 Å². The Balaban J connectivity index is 2.73. The van der Waals surface area contributed by atoms with E-state index >= 15 is 0 Å². The summed E-state index contributed by atoms with van der Waals surface area (Å²) in [6.07, 6.45) is 0.839. The lowest BCUT2D eigenvalue weighted by Crippen LogP contribution is -1.95. The zero-order valence-electron chi connectivity index (χ0n) is 7.54. The maximum absolute atomic E-state index is 10.4. The summed E-state index contributed by atoms with van der Waals surface area (Å²) in [4.78, 5) is 21.1. The molecule has 0 spiro atoms. The van der Waals surface area contributed by atoms with Gasteiger partial charge in [-0.05, 0) is 19.1 Å². The van der Waals surface area contributed by atoms with E-state index < -0.39 is 4.92 Å². The molecule has 0 amide bonds. The summed E-state index contributed by atoms with van der Waals surface area (Å²) >= 11 is 1.37. The number of nitro benzene ring substituents is 1. The summed E-state index contributed by atoms with van der Waals surface area (Å²) in [5.41, 5.74) is 0.0631. The summed E-state index contributed by atoms with van der Waals surface area (Å²) < 4.78 is 0. The number of carbonyl (C=O) groups is 1. The van der Waals surface area contributed by atoms with Gasteiger partial charge in [-0.2, -0.15) is 0 Å². The fourth-order valence-electron chi connectivity index (χ4n) is 0.889. The molecule has 0 fully saturated rings. The molecule has 1 aromatic rings. The molecule has 0 saturated carbocycles. The molecule has 1 rings (SSSR count). The Morgan fingerprint density at radius 2 is 2.00 bits per heavy atom. The van der Waals surface area contributed by atoms with Crippen LogP contribution in [0.15, 0.2) is 29.2 Å². The van der Waals surface area contributed by atoms with E-state index in [1.807, 2.05) is 0 Å². The molecule has 0 aliphatic rings. The summed E-state index contributed by atoms with van der Waals surface area (Å²) in [5.74, 6) is 0. The number of rotatable bonds is 4. The third-order valence-electron chi connectivity index (χ3n) is 1.56. The molecular weight excluding hydrogens is 202 g/mol. The highest BCUT2D eigenvalue weighted by Gasteiger charge is 2.06. The van der Waals surface area contributed by atoms with Crippen LogP contribution in [-0.2, 0) is 4.79 Å². The Labute approximate surface area is 85.5 Å². The Kier molecular flexibility index (Phi) is 3.64. The highest BCUT2D eigenvalue weighted by Crippen LogP contribution is 2.24. The minimum absolute atomic E-state index is 0.0631. The van der Waals surface area contributed by atoms with E-state index in [4.69, 9.17) is 0 Å². The van der Waals surface area contributed by atoms with E-state index in [0.717, 1.165) is 11.2 Å². The second-order valence-corrected chi connectivity index (χ2v) is 4.16. The molecule has 0 radical (unpaired) electrons. The first-order valence-corrected chi connectivity index (χ1v) is 4.88. The minimum Gasteiger partial charge on any atom is -0.302 e. The Morgan fingerprint density at radius 1 is 1.43 bits per heavy atom. The van der Waals surface area contributed by atoms with E-state index in [1.165, 1.54) is 23.9 Å². The topological polar surface area (TPSA) is 60.2 Å². The maximum Gasteiger partial charge on any atom is 0.269 e. The second-order valence-electron chi connectivity index (χ2n) is 2.71. The summed E-state index contributed by atoms with van der Waals surface area (Å²) in [5, 5.41) is 10.2.